The summed E-state index contributed by atoms with van der Waals surface area (Å²) in [7, 11) is 0. The van der Waals surface area contributed by atoms with Crippen molar-refractivity contribution in [3.8, 4) is 0 Å². The number of nitrogen functional groups attached to an aromatic ring is 1. The Morgan fingerprint density at radius 1 is 1.38 bits per heavy atom. The van der Waals surface area contributed by atoms with Crippen LogP contribution < -0.4 is 10.6 Å². The molecule has 1 aliphatic rings. The number of hydrogen-bond donors (Lipinski definition) is 1. The van der Waals surface area contributed by atoms with Crippen molar-refractivity contribution in [3.05, 3.63) is 11.2 Å². The van der Waals surface area contributed by atoms with E-state index in [1.165, 1.54) is 12.8 Å². The SMILES string of the molecule is Cc1nc2c(N3CCCC3)c(N)cnc2s1. The van der Waals surface area contributed by atoms with Gasteiger partial charge < -0.3 is 10.6 Å². The number of hydrogen-bond acceptors (Lipinski definition) is 5. The molecule has 4 nitrogen and oxygen atoms in total. The van der Waals surface area contributed by atoms with Crippen LogP contribution in [0.15, 0.2) is 6.20 Å². The van der Waals surface area contributed by atoms with Crippen LogP contribution in [0.4, 0.5) is 11.4 Å². The van der Waals surface area contributed by atoms with Crippen LogP contribution in [0.1, 0.15) is 17.8 Å². The summed E-state index contributed by atoms with van der Waals surface area (Å²) >= 11 is 1.63. The zero-order valence-electron chi connectivity index (χ0n) is 9.23. The van der Waals surface area contributed by atoms with E-state index < -0.39 is 0 Å². The quantitative estimate of drug-likeness (QED) is 0.821. The maximum absolute atomic E-state index is 6.04. The van der Waals surface area contributed by atoms with Gasteiger partial charge in [0.15, 0.2) is 0 Å². The molecule has 1 aliphatic heterocycles. The van der Waals surface area contributed by atoms with Gasteiger partial charge in [0.2, 0.25) is 0 Å². The van der Waals surface area contributed by atoms with E-state index in [2.05, 4.69) is 14.9 Å². The number of aromatic nitrogens is 2. The number of anilines is 2. The highest BCUT2D eigenvalue weighted by Gasteiger charge is 2.20. The second-order valence-electron chi connectivity index (χ2n) is 4.14. The van der Waals surface area contributed by atoms with E-state index >= 15 is 0 Å². The Hall–Kier alpha value is -1.36. The van der Waals surface area contributed by atoms with Gasteiger partial charge in [-0.3, -0.25) is 0 Å². The molecular weight excluding hydrogens is 220 g/mol. The predicted molar refractivity (Wildman–Crippen MR) is 68.0 cm³/mol. The summed E-state index contributed by atoms with van der Waals surface area (Å²) in [6, 6.07) is 0. The lowest BCUT2D eigenvalue weighted by Gasteiger charge is -2.19. The second kappa shape index (κ2) is 3.59. The minimum Gasteiger partial charge on any atom is -0.396 e. The third kappa shape index (κ3) is 1.43. The lowest BCUT2D eigenvalue weighted by atomic mass is 10.3. The summed E-state index contributed by atoms with van der Waals surface area (Å²) in [5.74, 6) is 0. The molecule has 2 aromatic rings. The summed E-state index contributed by atoms with van der Waals surface area (Å²) in [4.78, 5) is 12.2. The molecule has 84 valence electrons. The van der Waals surface area contributed by atoms with Crippen molar-refractivity contribution in [2.75, 3.05) is 23.7 Å². The first-order valence-corrected chi connectivity index (χ1v) is 6.34. The van der Waals surface area contributed by atoms with Crippen molar-refractivity contribution in [2.24, 2.45) is 0 Å². The molecule has 0 aromatic carbocycles. The van der Waals surface area contributed by atoms with Crippen molar-refractivity contribution in [2.45, 2.75) is 19.8 Å². The standard InChI is InChI=1S/C11H14N4S/c1-7-14-9-10(15-4-2-3-5-15)8(12)6-13-11(9)16-7/h6H,2-5,12H2,1H3. The Balaban J connectivity index is 2.22. The van der Waals surface area contributed by atoms with Crippen LogP contribution in [0.25, 0.3) is 10.3 Å². The molecule has 2 aromatic heterocycles. The van der Waals surface area contributed by atoms with E-state index in [0.29, 0.717) is 0 Å². The van der Waals surface area contributed by atoms with Gasteiger partial charge in [-0.1, -0.05) is 11.3 Å². The number of thiazole rings is 1. The van der Waals surface area contributed by atoms with Crippen LogP contribution in [0, 0.1) is 6.92 Å². The summed E-state index contributed by atoms with van der Waals surface area (Å²) in [6.07, 6.45) is 4.24. The first-order chi connectivity index (χ1) is 7.75. The van der Waals surface area contributed by atoms with Crippen molar-refractivity contribution in [1.29, 1.82) is 0 Å². The summed E-state index contributed by atoms with van der Waals surface area (Å²) in [5.41, 5.74) is 8.85. The van der Waals surface area contributed by atoms with E-state index in [4.69, 9.17) is 5.73 Å². The fourth-order valence-electron chi connectivity index (χ4n) is 2.26. The molecule has 0 radical (unpaired) electrons. The van der Waals surface area contributed by atoms with Gasteiger partial charge in [0.1, 0.15) is 10.3 Å². The Bertz CT molecular complexity index is 528. The topological polar surface area (TPSA) is 55.0 Å². The first-order valence-electron chi connectivity index (χ1n) is 5.52. The van der Waals surface area contributed by atoms with E-state index in [-0.39, 0.29) is 0 Å². The zero-order chi connectivity index (χ0) is 11.1. The van der Waals surface area contributed by atoms with Gasteiger partial charge in [0, 0.05) is 13.1 Å². The van der Waals surface area contributed by atoms with Gasteiger partial charge >= 0.3 is 0 Å². The Labute approximate surface area is 98.1 Å². The molecule has 0 amide bonds. The van der Waals surface area contributed by atoms with Crippen LogP contribution >= 0.6 is 11.3 Å². The molecule has 1 saturated heterocycles. The second-order valence-corrected chi connectivity index (χ2v) is 5.32. The smallest absolute Gasteiger partial charge is 0.145 e. The highest BCUT2D eigenvalue weighted by Crippen LogP contribution is 2.35. The molecule has 0 spiro atoms. The van der Waals surface area contributed by atoms with Crippen LogP contribution in [0.2, 0.25) is 0 Å². The normalized spacial score (nSPS) is 16.2. The third-order valence-corrected chi connectivity index (χ3v) is 3.84. The van der Waals surface area contributed by atoms with E-state index in [9.17, 15) is 0 Å². The number of nitrogens with two attached hydrogens (primary N) is 1. The third-order valence-electron chi connectivity index (χ3n) is 2.96. The highest BCUT2D eigenvalue weighted by atomic mass is 32.1. The molecule has 3 heterocycles. The molecule has 0 atom stereocenters. The van der Waals surface area contributed by atoms with Crippen LogP contribution in [-0.2, 0) is 0 Å². The lowest BCUT2D eigenvalue weighted by molar-refractivity contribution is 0.949. The van der Waals surface area contributed by atoms with Crippen LogP contribution in [0.5, 0.6) is 0 Å². The first kappa shape index (κ1) is 9.84. The molecule has 5 heteroatoms. The van der Waals surface area contributed by atoms with Gasteiger partial charge in [0.25, 0.3) is 0 Å². The van der Waals surface area contributed by atoms with Crippen LogP contribution in [-0.4, -0.2) is 23.1 Å². The molecule has 0 saturated carbocycles. The Kier molecular flexibility index (Phi) is 2.21. The Morgan fingerprint density at radius 3 is 2.88 bits per heavy atom. The van der Waals surface area contributed by atoms with Gasteiger partial charge in [-0.15, -0.1) is 0 Å². The molecular formula is C11H14N4S. The molecule has 0 bridgehead atoms. The minimum absolute atomic E-state index is 0.750. The molecule has 3 rings (SSSR count). The fourth-order valence-corrected chi connectivity index (χ4v) is 3.02. The molecule has 1 fully saturated rings. The van der Waals surface area contributed by atoms with Gasteiger partial charge in [-0.2, -0.15) is 0 Å². The Morgan fingerprint density at radius 2 is 2.12 bits per heavy atom. The van der Waals surface area contributed by atoms with Gasteiger partial charge in [-0.25, -0.2) is 9.97 Å². The maximum Gasteiger partial charge on any atom is 0.145 e. The van der Waals surface area contributed by atoms with Crippen molar-refractivity contribution >= 4 is 33.1 Å². The number of nitrogens with zero attached hydrogens (tertiary/aromatic N) is 3. The van der Waals surface area contributed by atoms with E-state index in [1.807, 2.05) is 6.92 Å². The fraction of sp³-hybridized carbons (Fsp3) is 0.455. The average molecular weight is 234 g/mol. The maximum atomic E-state index is 6.04. The summed E-state index contributed by atoms with van der Waals surface area (Å²) in [5, 5.41) is 1.05. The molecule has 0 unspecified atom stereocenters. The van der Waals surface area contributed by atoms with Crippen molar-refractivity contribution in [1.82, 2.24) is 9.97 Å². The summed E-state index contributed by atoms with van der Waals surface area (Å²) in [6.45, 7) is 4.18. The number of fused-ring (bicyclic) bond motifs is 1. The lowest BCUT2D eigenvalue weighted by Crippen LogP contribution is -2.19. The zero-order valence-corrected chi connectivity index (χ0v) is 10.0. The predicted octanol–water partition coefficient (Wildman–Crippen LogP) is 2.18. The largest absolute Gasteiger partial charge is 0.396 e. The average Bonchev–Trinajstić information content (AvgIpc) is 2.85. The van der Waals surface area contributed by atoms with Crippen LogP contribution in [0.3, 0.4) is 0 Å². The highest BCUT2D eigenvalue weighted by molar-refractivity contribution is 7.18. The number of pyridine rings is 1. The minimum atomic E-state index is 0.750. The van der Waals surface area contributed by atoms with Gasteiger partial charge in [-0.05, 0) is 19.8 Å². The van der Waals surface area contributed by atoms with E-state index in [1.54, 1.807) is 17.5 Å². The molecule has 16 heavy (non-hydrogen) atoms. The van der Waals surface area contributed by atoms with E-state index in [0.717, 1.165) is 39.8 Å². The molecule has 2 N–H and O–H groups in total. The van der Waals surface area contributed by atoms with Gasteiger partial charge in [0.05, 0.1) is 22.6 Å². The number of rotatable bonds is 1. The summed E-state index contributed by atoms with van der Waals surface area (Å²) < 4.78 is 0. The van der Waals surface area contributed by atoms with Crippen molar-refractivity contribution in [3.63, 3.8) is 0 Å². The number of aryl methyl sites for hydroxylation is 1. The monoisotopic (exact) mass is 234 g/mol. The van der Waals surface area contributed by atoms with Crippen molar-refractivity contribution < 1.29 is 0 Å². The molecule has 0 aliphatic carbocycles.